The quantitative estimate of drug-likeness (QED) is 0.233. The highest BCUT2D eigenvalue weighted by Gasteiger charge is 2.26. The average Bonchev–Trinajstić information content (AvgIpc) is 3.21. The molecule has 0 saturated carbocycles. The molecule has 0 radical (unpaired) electrons. The van der Waals surface area contributed by atoms with Crippen molar-refractivity contribution in [1.82, 2.24) is 10.2 Å². The second kappa shape index (κ2) is 10.5. The van der Waals surface area contributed by atoms with Crippen molar-refractivity contribution in [2.45, 2.75) is 68.7 Å². The topological polar surface area (TPSA) is 109 Å². The summed E-state index contributed by atoms with van der Waals surface area (Å²) in [6, 6.07) is 13.9. The summed E-state index contributed by atoms with van der Waals surface area (Å²) < 4.78 is 34.4. The minimum Gasteiger partial charge on any atom is -0.461 e. The van der Waals surface area contributed by atoms with Crippen molar-refractivity contribution < 1.29 is 22.8 Å². The number of hydrogen-bond donors (Lipinski definition) is 3. The van der Waals surface area contributed by atoms with Crippen LogP contribution in [0.1, 0.15) is 55.4 Å². The van der Waals surface area contributed by atoms with Gasteiger partial charge in [0.1, 0.15) is 17.4 Å². The minimum absolute atomic E-state index is 0.0425. The molecule has 8 heteroatoms. The first-order chi connectivity index (χ1) is 16.0. The molecule has 0 fully saturated rings. The molecular formula is C25H30N2O5S. The van der Waals surface area contributed by atoms with Gasteiger partial charge in [0.05, 0.1) is 4.90 Å². The Bertz CT molecular complexity index is 1200. The molecule has 0 spiro atoms. The first-order valence-electron chi connectivity index (χ1n) is 11.5. The van der Waals surface area contributed by atoms with E-state index in [0.717, 1.165) is 56.1 Å². The minimum atomic E-state index is -3.98. The molecule has 0 aliphatic heterocycles. The van der Waals surface area contributed by atoms with Crippen molar-refractivity contribution in [3.05, 3.63) is 65.4 Å². The number of nitrogens with one attached hydrogen (secondary N) is 2. The highest BCUT2D eigenvalue weighted by molar-refractivity contribution is 7.89. The fraction of sp³-hybridized carbons (Fsp3) is 0.400. The predicted octanol–water partition coefficient (Wildman–Crippen LogP) is 4.27. The molecule has 1 unspecified atom stereocenters. The van der Waals surface area contributed by atoms with Crippen LogP contribution in [0.2, 0.25) is 0 Å². The Morgan fingerprint density at radius 3 is 2.61 bits per heavy atom. The van der Waals surface area contributed by atoms with Crippen LogP contribution in [0.5, 0.6) is 0 Å². The summed E-state index contributed by atoms with van der Waals surface area (Å²) in [5.41, 5.74) is 4.55. The molecule has 1 aromatic heterocycles. The van der Waals surface area contributed by atoms with Crippen molar-refractivity contribution in [2.75, 3.05) is 0 Å². The zero-order chi connectivity index (χ0) is 23.3. The Labute approximate surface area is 194 Å². The number of unbranched alkanes of at least 4 members (excludes halogenated alkanes) is 2. The molecule has 176 valence electrons. The molecule has 3 aromatic rings. The third-order valence-electron chi connectivity index (χ3n) is 6.26. The van der Waals surface area contributed by atoms with Gasteiger partial charge in [-0.05, 0) is 56.2 Å². The van der Waals surface area contributed by atoms with E-state index in [1.54, 1.807) is 17.6 Å². The van der Waals surface area contributed by atoms with Gasteiger partial charge in [-0.15, -0.1) is 0 Å². The van der Waals surface area contributed by atoms with Crippen LogP contribution in [-0.2, 0) is 34.1 Å². The van der Waals surface area contributed by atoms with Crippen LogP contribution < -0.4 is 10.2 Å². The highest BCUT2D eigenvalue weighted by Crippen LogP contribution is 2.33. The van der Waals surface area contributed by atoms with Crippen molar-refractivity contribution in [1.29, 1.82) is 0 Å². The van der Waals surface area contributed by atoms with Gasteiger partial charge in [0, 0.05) is 23.4 Å². The van der Waals surface area contributed by atoms with Crippen LogP contribution in [0, 0.1) is 0 Å². The Balaban J connectivity index is 1.40. The molecule has 0 bridgehead atoms. The maximum Gasteiger partial charge on any atom is 0.261 e. The maximum absolute atomic E-state index is 13.0. The van der Waals surface area contributed by atoms with Gasteiger partial charge in [-0.2, -0.15) is 4.72 Å². The van der Waals surface area contributed by atoms with Crippen LogP contribution in [0.25, 0.3) is 11.0 Å². The molecule has 1 heterocycles. The summed E-state index contributed by atoms with van der Waals surface area (Å²) in [5, 5.41) is 10.1. The zero-order valence-corrected chi connectivity index (χ0v) is 19.4. The second-order valence-corrected chi connectivity index (χ2v) is 10.3. The van der Waals surface area contributed by atoms with Gasteiger partial charge >= 0.3 is 0 Å². The van der Waals surface area contributed by atoms with E-state index in [9.17, 15) is 13.2 Å². The summed E-state index contributed by atoms with van der Waals surface area (Å²) in [6.45, 7) is 0. The van der Waals surface area contributed by atoms with Gasteiger partial charge < -0.3 is 4.42 Å². The summed E-state index contributed by atoms with van der Waals surface area (Å²) in [7, 11) is -3.98. The number of hydroxylamine groups is 1. The number of benzene rings is 2. The number of hydrogen-bond acceptors (Lipinski definition) is 5. The fourth-order valence-corrected chi connectivity index (χ4v) is 5.73. The third kappa shape index (κ3) is 5.63. The lowest BCUT2D eigenvalue weighted by Gasteiger charge is -2.17. The maximum atomic E-state index is 13.0. The van der Waals surface area contributed by atoms with Gasteiger partial charge in [0.15, 0.2) is 0 Å². The fourth-order valence-electron chi connectivity index (χ4n) is 4.49. The van der Waals surface area contributed by atoms with E-state index < -0.39 is 22.0 Å². The lowest BCUT2D eigenvalue weighted by atomic mass is 9.96. The normalized spacial score (nSPS) is 14.7. The third-order valence-corrected chi connectivity index (χ3v) is 7.73. The van der Waals surface area contributed by atoms with Gasteiger partial charge in [-0.25, -0.2) is 13.9 Å². The average molecular weight is 471 g/mol. The van der Waals surface area contributed by atoms with Gasteiger partial charge in [0.2, 0.25) is 10.0 Å². The lowest BCUT2D eigenvalue weighted by molar-refractivity contribution is -0.131. The Hall–Kier alpha value is -2.68. The van der Waals surface area contributed by atoms with E-state index in [1.165, 1.54) is 17.2 Å². The SMILES string of the molecule is O=C(NO)C(CCCCCc1ccccc1)NS(=O)(=O)c1ccc2c3c(oc2c1)CCCC3. The van der Waals surface area contributed by atoms with Gasteiger partial charge in [0.25, 0.3) is 5.91 Å². The monoisotopic (exact) mass is 470 g/mol. The van der Waals surface area contributed by atoms with Crippen LogP contribution in [0.3, 0.4) is 0 Å². The second-order valence-electron chi connectivity index (χ2n) is 8.60. The van der Waals surface area contributed by atoms with E-state index >= 15 is 0 Å². The van der Waals surface area contributed by atoms with E-state index in [0.29, 0.717) is 12.0 Å². The molecule has 3 N–H and O–H groups in total. The van der Waals surface area contributed by atoms with E-state index in [-0.39, 0.29) is 11.3 Å². The molecule has 1 atom stereocenters. The molecule has 7 nitrogen and oxygen atoms in total. The Morgan fingerprint density at radius 2 is 1.82 bits per heavy atom. The van der Waals surface area contributed by atoms with E-state index in [1.807, 2.05) is 18.2 Å². The number of rotatable bonds is 10. The van der Waals surface area contributed by atoms with Crippen LogP contribution >= 0.6 is 0 Å². The molecule has 1 aliphatic carbocycles. The smallest absolute Gasteiger partial charge is 0.261 e. The first-order valence-corrected chi connectivity index (χ1v) is 13.0. The molecular weight excluding hydrogens is 440 g/mol. The van der Waals surface area contributed by atoms with Gasteiger partial charge in [-0.3, -0.25) is 10.0 Å². The summed E-state index contributed by atoms with van der Waals surface area (Å²) in [4.78, 5) is 12.2. The number of carbonyl (C=O) groups excluding carboxylic acids is 1. The van der Waals surface area contributed by atoms with Crippen molar-refractivity contribution in [3.8, 4) is 0 Å². The largest absolute Gasteiger partial charge is 0.461 e. The number of carbonyl (C=O) groups is 1. The summed E-state index contributed by atoms with van der Waals surface area (Å²) in [5.74, 6) is 0.169. The Kier molecular flexibility index (Phi) is 7.47. The molecule has 2 aromatic carbocycles. The molecule has 0 saturated heterocycles. The Morgan fingerprint density at radius 1 is 1.03 bits per heavy atom. The zero-order valence-electron chi connectivity index (χ0n) is 18.5. The van der Waals surface area contributed by atoms with E-state index in [4.69, 9.17) is 9.62 Å². The predicted molar refractivity (Wildman–Crippen MR) is 126 cm³/mol. The molecule has 1 aliphatic rings. The number of amides is 1. The van der Waals surface area contributed by atoms with Crippen molar-refractivity contribution in [3.63, 3.8) is 0 Å². The molecule has 4 rings (SSSR count). The van der Waals surface area contributed by atoms with Crippen LogP contribution in [0.15, 0.2) is 57.8 Å². The molecule has 1 amide bonds. The van der Waals surface area contributed by atoms with Crippen LogP contribution in [-0.4, -0.2) is 25.6 Å². The highest BCUT2D eigenvalue weighted by atomic mass is 32.2. The number of fused-ring (bicyclic) bond motifs is 3. The summed E-state index contributed by atoms with van der Waals surface area (Å²) in [6.07, 6.45) is 7.63. The lowest BCUT2D eigenvalue weighted by Crippen LogP contribution is -2.45. The van der Waals surface area contributed by atoms with E-state index in [2.05, 4.69) is 16.9 Å². The van der Waals surface area contributed by atoms with Crippen molar-refractivity contribution >= 4 is 26.9 Å². The number of aryl methyl sites for hydroxylation is 3. The first kappa shape index (κ1) is 23.5. The van der Waals surface area contributed by atoms with Crippen LogP contribution in [0.4, 0.5) is 0 Å². The standard InChI is InChI=1S/C25H30N2O5S/c28-25(26-29)22(13-6-2-5-11-18-9-3-1-4-10-18)27-33(30,31)19-15-16-21-20-12-7-8-14-23(20)32-24(21)17-19/h1,3-4,9-10,15-17,22,27,29H,2,5-8,11-14H2,(H,26,28). The van der Waals surface area contributed by atoms with Crippen molar-refractivity contribution in [2.24, 2.45) is 0 Å². The van der Waals surface area contributed by atoms with Gasteiger partial charge in [-0.1, -0.05) is 43.2 Å². The number of furan rings is 1. The number of sulfonamides is 1. The molecule has 33 heavy (non-hydrogen) atoms. The summed E-state index contributed by atoms with van der Waals surface area (Å²) >= 11 is 0.